The van der Waals surface area contributed by atoms with Gasteiger partial charge in [0.05, 0.1) is 17.7 Å². The standard InChI is InChI=1S/C39H42F3NO3/c1-26-21-31(24-33(22-26)38(46)43(4)28(3)30-15-9-6-10-16-30)37(45)25-32(23-29-13-7-5-8-14-29)36(44)20-19-27(2)34-17-11-12-18-35(34)39(40,41)42/h5-18,21-22,24,27-28,32,36,44H,19-20,23,25H2,1-4H3/t27?,28-,32-,36-/m1/s1. The molecule has 0 fully saturated rings. The largest absolute Gasteiger partial charge is 0.416 e. The van der Waals surface area contributed by atoms with Crippen LogP contribution in [-0.2, 0) is 12.6 Å². The van der Waals surface area contributed by atoms with Crippen LogP contribution in [0.4, 0.5) is 13.2 Å². The van der Waals surface area contributed by atoms with E-state index in [0.29, 0.717) is 24.0 Å². The van der Waals surface area contributed by atoms with E-state index in [1.165, 1.54) is 12.1 Å². The number of hydrogen-bond acceptors (Lipinski definition) is 3. The average molecular weight is 630 g/mol. The first kappa shape index (κ1) is 34.6. The van der Waals surface area contributed by atoms with Crippen LogP contribution < -0.4 is 0 Å². The van der Waals surface area contributed by atoms with E-state index in [9.17, 15) is 27.9 Å². The van der Waals surface area contributed by atoms with Crippen molar-refractivity contribution in [2.75, 3.05) is 7.05 Å². The number of aryl methyl sites for hydroxylation is 1. The van der Waals surface area contributed by atoms with Gasteiger partial charge >= 0.3 is 6.18 Å². The highest BCUT2D eigenvalue weighted by molar-refractivity contribution is 6.01. The molecule has 242 valence electrons. The van der Waals surface area contributed by atoms with Crippen LogP contribution >= 0.6 is 0 Å². The van der Waals surface area contributed by atoms with E-state index in [4.69, 9.17) is 0 Å². The third-order valence-electron chi connectivity index (χ3n) is 8.85. The third-order valence-corrected chi connectivity index (χ3v) is 8.85. The molecule has 4 aromatic carbocycles. The molecule has 0 aromatic heterocycles. The summed E-state index contributed by atoms with van der Waals surface area (Å²) in [6, 6.07) is 29.7. The molecule has 46 heavy (non-hydrogen) atoms. The average Bonchev–Trinajstić information content (AvgIpc) is 3.05. The quantitative estimate of drug-likeness (QED) is 0.150. The van der Waals surface area contributed by atoms with Gasteiger partial charge in [0.1, 0.15) is 0 Å². The van der Waals surface area contributed by atoms with Gasteiger partial charge in [-0.25, -0.2) is 0 Å². The number of ketones is 1. The Morgan fingerprint density at radius 3 is 2.04 bits per heavy atom. The molecule has 0 radical (unpaired) electrons. The topological polar surface area (TPSA) is 57.6 Å². The molecular formula is C39H42F3NO3. The summed E-state index contributed by atoms with van der Waals surface area (Å²) in [7, 11) is 1.74. The molecule has 0 saturated carbocycles. The maximum atomic E-state index is 13.8. The molecule has 4 rings (SSSR count). The van der Waals surface area contributed by atoms with Crippen molar-refractivity contribution >= 4 is 11.7 Å². The summed E-state index contributed by atoms with van der Waals surface area (Å²) in [5, 5.41) is 11.4. The summed E-state index contributed by atoms with van der Waals surface area (Å²) in [6.07, 6.45) is -4.38. The van der Waals surface area contributed by atoms with Crippen LogP contribution in [0.2, 0.25) is 0 Å². The lowest BCUT2D eigenvalue weighted by Gasteiger charge is -2.26. The van der Waals surface area contributed by atoms with Crippen molar-refractivity contribution in [2.24, 2.45) is 5.92 Å². The Bertz CT molecular complexity index is 1600. The van der Waals surface area contributed by atoms with E-state index < -0.39 is 29.7 Å². The molecule has 1 N–H and O–H groups in total. The number of carbonyl (C=O) groups excluding carboxylic acids is 2. The van der Waals surface area contributed by atoms with Gasteiger partial charge in [-0.05, 0) is 91.5 Å². The number of aliphatic hydroxyl groups excluding tert-OH is 1. The highest BCUT2D eigenvalue weighted by Crippen LogP contribution is 2.37. The van der Waals surface area contributed by atoms with Gasteiger partial charge in [-0.15, -0.1) is 0 Å². The van der Waals surface area contributed by atoms with Crippen LogP contribution in [0, 0.1) is 12.8 Å². The van der Waals surface area contributed by atoms with Gasteiger partial charge in [-0.2, -0.15) is 13.2 Å². The number of aliphatic hydroxyl groups is 1. The predicted octanol–water partition coefficient (Wildman–Crippen LogP) is 9.22. The second-order valence-corrected chi connectivity index (χ2v) is 12.3. The van der Waals surface area contributed by atoms with Crippen molar-refractivity contribution in [2.45, 2.75) is 70.7 Å². The van der Waals surface area contributed by atoms with Gasteiger partial charge in [0.2, 0.25) is 0 Å². The fourth-order valence-electron chi connectivity index (χ4n) is 6.02. The summed E-state index contributed by atoms with van der Waals surface area (Å²) >= 11 is 0. The lowest BCUT2D eigenvalue weighted by atomic mass is 9.83. The molecule has 0 heterocycles. The molecule has 0 aliphatic rings. The van der Waals surface area contributed by atoms with Crippen LogP contribution in [0.5, 0.6) is 0 Å². The van der Waals surface area contributed by atoms with Crippen molar-refractivity contribution in [1.82, 2.24) is 4.90 Å². The Morgan fingerprint density at radius 1 is 0.804 bits per heavy atom. The van der Waals surface area contributed by atoms with E-state index in [-0.39, 0.29) is 36.1 Å². The van der Waals surface area contributed by atoms with Crippen molar-refractivity contribution in [1.29, 1.82) is 0 Å². The molecule has 7 heteroatoms. The SMILES string of the molecule is Cc1cc(C(=O)C[C@@H](Cc2ccccc2)[C@H](O)CCC(C)c2ccccc2C(F)(F)F)cc(C(=O)N(C)[C@H](C)c2ccccc2)c1. The number of benzene rings is 4. The van der Waals surface area contributed by atoms with Gasteiger partial charge in [0, 0.05) is 24.6 Å². The Labute approximate surface area is 269 Å². The van der Waals surface area contributed by atoms with E-state index >= 15 is 0 Å². The van der Waals surface area contributed by atoms with E-state index in [1.54, 1.807) is 43.1 Å². The minimum Gasteiger partial charge on any atom is -0.393 e. The second kappa shape index (κ2) is 15.4. The molecule has 0 aliphatic heterocycles. The Hall–Kier alpha value is -4.23. The molecule has 0 saturated heterocycles. The minimum absolute atomic E-state index is 0.0247. The van der Waals surface area contributed by atoms with E-state index in [0.717, 1.165) is 22.8 Å². The lowest BCUT2D eigenvalue weighted by Crippen LogP contribution is -2.30. The first-order valence-corrected chi connectivity index (χ1v) is 15.7. The molecule has 0 aliphatic carbocycles. The maximum absolute atomic E-state index is 13.8. The fraction of sp³-hybridized carbons (Fsp3) is 0.333. The summed E-state index contributed by atoms with van der Waals surface area (Å²) < 4.78 is 40.9. The van der Waals surface area contributed by atoms with Crippen molar-refractivity contribution < 1.29 is 27.9 Å². The zero-order chi connectivity index (χ0) is 33.4. The predicted molar refractivity (Wildman–Crippen MR) is 176 cm³/mol. The lowest BCUT2D eigenvalue weighted by molar-refractivity contribution is -0.138. The number of halogens is 3. The van der Waals surface area contributed by atoms with Crippen molar-refractivity contribution in [3.8, 4) is 0 Å². The summed E-state index contributed by atoms with van der Waals surface area (Å²) in [5.41, 5.74) is 3.05. The van der Waals surface area contributed by atoms with Gasteiger partial charge in [-0.3, -0.25) is 9.59 Å². The first-order chi connectivity index (χ1) is 21.8. The van der Waals surface area contributed by atoms with E-state index in [2.05, 4.69) is 0 Å². The molecule has 0 spiro atoms. The molecule has 4 atom stereocenters. The van der Waals surface area contributed by atoms with Gasteiger partial charge in [0.25, 0.3) is 5.91 Å². The fourth-order valence-corrected chi connectivity index (χ4v) is 6.02. The molecule has 1 amide bonds. The maximum Gasteiger partial charge on any atom is 0.416 e. The van der Waals surface area contributed by atoms with Crippen LogP contribution in [-0.4, -0.2) is 34.8 Å². The second-order valence-electron chi connectivity index (χ2n) is 12.3. The van der Waals surface area contributed by atoms with Gasteiger partial charge in [-0.1, -0.05) is 85.8 Å². The summed E-state index contributed by atoms with van der Waals surface area (Å²) in [4.78, 5) is 28.9. The molecule has 0 bridgehead atoms. The Morgan fingerprint density at radius 2 is 1.39 bits per heavy atom. The Kier molecular flexibility index (Phi) is 11.6. The third kappa shape index (κ3) is 8.94. The number of nitrogens with zero attached hydrogens (tertiary/aromatic N) is 1. The molecule has 4 nitrogen and oxygen atoms in total. The Balaban J connectivity index is 1.52. The van der Waals surface area contributed by atoms with Crippen LogP contribution in [0.1, 0.15) is 93.6 Å². The molecule has 1 unspecified atom stereocenters. The number of carbonyl (C=O) groups is 2. The number of amides is 1. The van der Waals surface area contributed by atoms with Crippen LogP contribution in [0.15, 0.2) is 103 Å². The van der Waals surface area contributed by atoms with Crippen molar-refractivity contribution in [3.05, 3.63) is 142 Å². The van der Waals surface area contributed by atoms with E-state index in [1.807, 2.05) is 74.5 Å². The smallest absolute Gasteiger partial charge is 0.393 e. The number of Topliss-reactive ketones (excluding diaryl/α,β-unsaturated/α-hetero) is 1. The minimum atomic E-state index is -4.46. The monoisotopic (exact) mass is 629 g/mol. The molecule has 4 aromatic rings. The summed E-state index contributed by atoms with van der Waals surface area (Å²) in [5.74, 6) is -1.32. The van der Waals surface area contributed by atoms with Crippen molar-refractivity contribution in [3.63, 3.8) is 0 Å². The van der Waals surface area contributed by atoms with Crippen LogP contribution in [0.25, 0.3) is 0 Å². The zero-order valence-corrected chi connectivity index (χ0v) is 26.8. The number of alkyl halides is 3. The van der Waals surface area contributed by atoms with Gasteiger partial charge in [0.15, 0.2) is 5.78 Å². The number of hydrogen-bond donors (Lipinski definition) is 1. The highest BCUT2D eigenvalue weighted by Gasteiger charge is 2.34. The van der Waals surface area contributed by atoms with Crippen LogP contribution in [0.3, 0.4) is 0 Å². The molecular weight excluding hydrogens is 587 g/mol. The normalized spacial score (nSPS) is 14.3. The number of rotatable bonds is 13. The zero-order valence-electron chi connectivity index (χ0n) is 26.8. The summed E-state index contributed by atoms with van der Waals surface area (Å²) in [6.45, 7) is 5.52. The highest BCUT2D eigenvalue weighted by atomic mass is 19.4. The first-order valence-electron chi connectivity index (χ1n) is 15.7. The van der Waals surface area contributed by atoms with Gasteiger partial charge < -0.3 is 10.0 Å².